The molecule has 1 heterocycles. The molecule has 1 aromatic rings. The molecule has 20 heavy (non-hydrogen) atoms. The molecule has 1 aliphatic carbocycles. The molecular formula is C16H23BrN2O. The highest BCUT2D eigenvalue weighted by atomic mass is 79.9. The third-order valence-electron chi connectivity index (χ3n) is 4.45. The molecule has 0 spiro atoms. The van der Waals surface area contributed by atoms with Crippen molar-refractivity contribution in [2.75, 3.05) is 6.61 Å². The van der Waals surface area contributed by atoms with Crippen molar-refractivity contribution >= 4 is 15.9 Å². The van der Waals surface area contributed by atoms with Crippen LogP contribution in [0.3, 0.4) is 0 Å². The summed E-state index contributed by atoms with van der Waals surface area (Å²) in [6, 6.07) is 7.82. The molecule has 3 N–H and O–H groups in total. The van der Waals surface area contributed by atoms with Gasteiger partial charge in [0.2, 0.25) is 0 Å². The monoisotopic (exact) mass is 338 g/mol. The Kier molecular flexibility index (Phi) is 4.64. The molecule has 0 radical (unpaired) electrons. The molecule has 1 atom stereocenters. The maximum Gasteiger partial charge on any atom is 0.125 e. The van der Waals surface area contributed by atoms with E-state index in [1.165, 1.54) is 18.4 Å². The van der Waals surface area contributed by atoms with Gasteiger partial charge in [0.05, 0.1) is 6.61 Å². The summed E-state index contributed by atoms with van der Waals surface area (Å²) in [6.45, 7) is 0.817. The molecule has 1 aromatic carbocycles. The first-order chi connectivity index (χ1) is 9.72. The van der Waals surface area contributed by atoms with Gasteiger partial charge in [0, 0.05) is 28.2 Å². The predicted octanol–water partition coefficient (Wildman–Crippen LogP) is 3.52. The van der Waals surface area contributed by atoms with Crippen molar-refractivity contribution in [2.45, 2.75) is 56.7 Å². The van der Waals surface area contributed by atoms with Crippen molar-refractivity contribution in [1.82, 2.24) is 5.32 Å². The topological polar surface area (TPSA) is 47.3 Å². The van der Waals surface area contributed by atoms with Crippen LogP contribution >= 0.6 is 15.9 Å². The van der Waals surface area contributed by atoms with Crippen molar-refractivity contribution in [3.8, 4) is 5.75 Å². The molecule has 0 bridgehead atoms. The fraction of sp³-hybridized carbons (Fsp3) is 0.625. The number of benzene rings is 1. The maximum absolute atomic E-state index is 6.00. The zero-order chi connectivity index (χ0) is 13.9. The highest BCUT2D eigenvalue weighted by Crippen LogP contribution is 2.34. The van der Waals surface area contributed by atoms with Gasteiger partial charge in [-0.1, -0.05) is 22.0 Å². The van der Waals surface area contributed by atoms with Gasteiger partial charge in [0.25, 0.3) is 0 Å². The number of nitrogens with one attached hydrogen (secondary N) is 1. The van der Waals surface area contributed by atoms with Crippen LogP contribution in [0.15, 0.2) is 22.7 Å². The summed E-state index contributed by atoms with van der Waals surface area (Å²) in [4.78, 5) is 0. The Bertz CT molecular complexity index is 458. The Morgan fingerprint density at radius 3 is 2.75 bits per heavy atom. The second kappa shape index (κ2) is 6.46. The number of halogens is 1. The third kappa shape index (κ3) is 3.35. The highest BCUT2D eigenvalue weighted by molar-refractivity contribution is 9.10. The summed E-state index contributed by atoms with van der Waals surface area (Å²) >= 11 is 3.53. The quantitative estimate of drug-likeness (QED) is 0.867. The first-order valence-electron chi connectivity index (χ1n) is 7.66. The zero-order valence-corrected chi connectivity index (χ0v) is 13.4. The number of rotatable bonds is 2. The van der Waals surface area contributed by atoms with E-state index in [4.69, 9.17) is 10.5 Å². The van der Waals surface area contributed by atoms with E-state index in [0.717, 1.165) is 42.5 Å². The molecule has 1 unspecified atom stereocenters. The summed E-state index contributed by atoms with van der Waals surface area (Å²) in [6.07, 6.45) is 6.95. The molecule has 1 aliphatic heterocycles. The summed E-state index contributed by atoms with van der Waals surface area (Å²) in [5.41, 5.74) is 7.30. The molecule has 110 valence electrons. The van der Waals surface area contributed by atoms with E-state index in [1.807, 2.05) is 0 Å². The van der Waals surface area contributed by atoms with E-state index in [1.54, 1.807) is 0 Å². The molecule has 0 amide bonds. The lowest BCUT2D eigenvalue weighted by atomic mass is 9.90. The summed E-state index contributed by atoms with van der Waals surface area (Å²) in [5.74, 6) is 1.03. The largest absolute Gasteiger partial charge is 0.493 e. The zero-order valence-electron chi connectivity index (χ0n) is 11.8. The molecule has 3 rings (SSSR count). The van der Waals surface area contributed by atoms with E-state index >= 15 is 0 Å². The van der Waals surface area contributed by atoms with E-state index in [-0.39, 0.29) is 0 Å². The van der Waals surface area contributed by atoms with Crippen LogP contribution in [0, 0.1) is 0 Å². The van der Waals surface area contributed by atoms with Crippen LogP contribution < -0.4 is 15.8 Å². The van der Waals surface area contributed by atoms with Crippen molar-refractivity contribution in [3.05, 3.63) is 28.2 Å². The van der Waals surface area contributed by atoms with Gasteiger partial charge in [-0.05, 0) is 50.7 Å². The molecule has 3 nitrogen and oxygen atoms in total. The Morgan fingerprint density at radius 2 is 1.95 bits per heavy atom. The van der Waals surface area contributed by atoms with Gasteiger partial charge in [-0.2, -0.15) is 0 Å². The van der Waals surface area contributed by atoms with E-state index in [2.05, 4.69) is 39.4 Å². The van der Waals surface area contributed by atoms with Gasteiger partial charge in [-0.25, -0.2) is 0 Å². The number of hydrogen-bond donors (Lipinski definition) is 2. The van der Waals surface area contributed by atoms with Crippen molar-refractivity contribution < 1.29 is 4.74 Å². The molecular weight excluding hydrogens is 316 g/mol. The lowest BCUT2D eigenvalue weighted by molar-refractivity contribution is 0.300. The van der Waals surface area contributed by atoms with E-state index in [0.29, 0.717) is 18.1 Å². The Labute approximate surface area is 129 Å². The van der Waals surface area contributed by atoms with E-state index in [9.17, 15) is 0 Å². The predicted molar refractivity (Wildman–Crippen MR) is 85.0 cm³/mol. The van der Waals surface area contributed by atoms with Crippen LogP contribution in [-0.4, -0.2) is 18.7 Å². The SMILES string of the molecule is NC1CCC(NC2CCCOc3cc(Br)ccc32)CC1. The Hall–Kier alpha value is -0.580. The van der Waals surface area contributed by atoms with Gasteiger partial charge in [-0.3, -0.25) is 0 Å². The average molecular weight is 339 g/mol. The fourth-order valence-electron chi connectivity index (χ4n) is 3.29. The van der Waals surface area contributed by atoms with Crippen molar-refractivity contribution in [2.24, 2.45) is 5.73 Å². The molecule has 0 saturated heterocycles. The van der Waals surface area contributed by atoms with Crippen LogP contribution in [0.25, 0.3) is 0 Å². The van der Waals surface area contributed by atoms with Gasteiger partial charge < -0.3 is 15.8 Å². The molecule has 1 saturated carbocycles. The second-order valence-corrected chi connectivity index (χ2v) is 6.92. The molecule has 1 fully saturated rings. The third-order valence-corrected chi connectivity index (χ3v) is 4.95. The maximum atomic E-state index is 6.00. The Morgan fingerprint density at radius 1 is 1.15 bits per heavy atom. The number of hydrogen-bond acceptors (Lipinski definition) is 3. The smallest absolute Gasteiger partial charge is 0.125 e. The van der Waals surface area contributed by atoms with Gasteiger partial charge in [0.15, 0.2) is 0 Å². The van der Waals surface area contributed by atoms with Crippen LogP contribution in [0.1, 0.15) is 50.1 Å². The average Bonchev–Trinajstić information content (AvgIpc) is 2.63. The first-order valence-corrected chi connectivity index (χ1v) is 8.45. The van der Waals surface area contributed by atoms with Crippen LogP contribution in [0.2, 0.25) is 0 Å². The van der Waals surface area contributed by atoms with Crippen LogP contribution in [-0.2, 0) is 0 Å². The van der Waals surface area contributed by atoms with Gasteiger partial charge >= 0.3 is 0 Å². The lowest BCUT2D eigenvalue weighted by Crippen LogP contribution is -2.39. The molecule has 0 aromatic heterocycles. The highest BCUT2D eigenvalue weighted by Gasteiger charge is 2.25. The number of fused-ring (bicyclic) bond motifs is 1. The fourth-order valence-corrected chi connectivity index (χ4v) is 3.63. The van der Waals surface area contributed by atoms with Gasteiger partial charge in [0.1, 0.15) is 5.75 Å². The van der Waals surface area contributed by atoms with Crippen molar-refractivity contribution in [3.63, 3.8) is 0 Å². The number of ether oxygens (including phenoxy) is 1. The van der Waals surface area contributed by atoms with Crippen LogP contribution in [0.5, 0.6) is 5.75 Å². The molecule has 2 aliphatic rings. The van der Waals surface area contributed by atoms with Gasteiger partial charge in [-0.15, -0.1) is 0 Å². The van der Waals surface area contributed by atoms with E-state index < -0.39 is 0 Å². The molecule has 4 heteroatoms. The summed E-state index contributed by atoms with van der Waals surface area (Å²) in [7, 11) is 0. The van der Waals surface area contributed by atoms with Crippen molar-refractivity contribution in [1.29, 1.82) is 0 Å². The second-order valence-electron chi connectivity index (χ2n) is 6.00. The minimum atomic E-state index is 0.411. The Balaban J connectivity index is 1.73. The lowest BCUT2D eigenvalue weighted by Gasteiger charge is -2.31. The first kappa shape index (κ1) is 14.4. The number of nitrogens with two attached hydrogens (primary N) is 1. The summed E-state index contributed by atoms with van der Waals surface area (Å²) < 4.78 is 6.96. The summed E-state index contributed by atoms with van der Waals surface area (Å²) in [5, 5.41) is 3.84. The minimum absolute atomic E-state index is 0.411. The van der Waals surface area contributed by atoms with Crippen LogP contribution in [0.4, 0.5) is 0 Å². The minimum Gasteiger partial charge on any atom is -0.493 e. The standard InChI is InChI=1S/C16H23BrN2O/c17-11-3-8-14-15(2-1-9-20-16(14)10-11)19-13-6-4-12(18)5-7-13/h3,8,10,12-13,15,19H,1-2,4-7,9,18H2. The normalized spacial score (nSPS) is 30.2.